The van der Waals surface area contributed by atoms with Crippen LogP contribution in [0.4, 0.5) is 0 Å². The predicted octanol–water partition coefficient (Wildman–Crippen LogP) is -0.484. The number of rotatable bonds is 8. The van der Waals surface area contributed by atoms with Gasteiger partial charge in [-0.2, -0.15) is 8.42 Å². The molecule has 0 heterocycles. The highest BCUT2D eigenvalue weighted by Gasteiger charge is 2.06. The van der Waals surface area contributed by atoms with Crippen molar-refractivity contribution in [2.45, 2.75) is 18.4 Å². The summed E-state index contributed by atoms with van der Waals surface area (Å²) in [7, 11) is -0.530. The fraction of sp³-hybridized carbons (Fsp3) is 1.00. The van der Waals surface area contributed by atoms with Crippen LogP contribution in [-0.2, 0) is 23.8 Å². The van der Waals surface area contributed by atoms with Crippen LogP contribution in [-0.4, -0.2) is 50.9 Å². The van der Waals surface area contributed by atoms with E-state index >= 15 is 0 Å². The molecule has 7 heteroatoms. The quantitative estimate of drug-likeness (QED) is 0.249. The molecule has 0 bridgehead atoms. The zero-order chi connectivity index (χ0) is 11.0. The molecule has 0 aromatic rings. The monoisotopic (exact) mass is 242 g/mol. The van der Waals surface area contributed by atoms with E-state index in [0.717, 1.165) is 18.7 Å². The van der Waals surface area contributed by atoms with Crippen molar-refractivity contribution in [1.82, 2.24) is 0 Å². The number of ether oxygens (including phenoxy) is 2. The summed E-state index contributed by atoms with van der Waals surface area (Å²) < 4.78 is 35.8. The zero-order valence-electron chi connectivity index (χ0n) is 8.86. The Balaban J connectivity index is 3.38. The van der Waals surface area contributed by atoms with E-state index in [0.29, 0.717) is 0 Å². The Bertz CT molecular complexity index is 224. The van der Waals surface area contributed by atoms with Gasteiger partial charge in [0, 0.05) is 14.2 Å². The summed E-state index contributed by atoms with van der Waals surface area (Å²) in [6, 6.07) is 0.946. The van der Waals surface area contributed by atoms with Crippen LogP contribution in [0.25, 0.3) is 0 Å². The molecule has 0 aliphatic heterocycles. The van der Waals surface area contributed by atoms with E-state index in [-0.39, 0.29) is 12.5 Å². The topological polar surface area (TPSA) is 61.8 Å². The van der Waals surface area contributed by atoms with Crippen LogP contribution in [0.1, 0.15) is 6.42 Å². The maximum absolute atomic E-state index is 10.6. The normalized spacial score (nSPS) is 13.1. The molecule has 0 spiro atoms. The van der Waals surface area contributed by atoms with Gasteiger partial charge >= 0.3 is 0 Å². The summed E-state index contributed by atoms with van der Waals surface area (Å²) in [5.41, 5.74) is 0. The first-order valence-electron chi connectivity index (χ1n) is 4.39. The highest BCUT2D eigenvalue weighted by Crippen LogP contribution is 1.98. The lowest BCUT2D eigenvalue weighted by molar-refractivity contribution is -0.0441. The van der Waals surface area contributed by atoms with Gasteiger partial charge in [0.15, 0.2) is 0 Å². The van der Waals surface area contributed by atoms with Gasteiger partial charge in [-0.15, -0.1) is 0 Å². The van der Waals surface area contributed by atoms with Gasteiger partial charge in [-0.1, -0.05) is 6.04 Å². The average molecular weight is 242 g/mol. The lowest BCUT2D eigenvalue weighted by Crippen LogP contribution is -2.21. The first kappa shape index (κ1) is 14.0. The zero-order valence-corrected chi connectivity index (χ0v) is 11.1. The second-order valence-electron chi connectivity index (χ2n) is 2.92. The van der Waals surface area contributed by atoms with E-state index in [9.17, 15) is 8.42 Å². The highest BCUT2D eigenvalue weighted by atomic mass is 32.2. The van der Waals surface area contributed by atoms with Crippen molar-refractivity contribution in [3.63, 3.8) is 0 Å². The minimum absolute atomic E-state index is 0.0757. The van der Waals surface area contributed by atoms with Gasteiger partial charge in [0.05, 0.1) is 22.4 Å². The Labute approximate surface area is 87.7 Å². The molecule has 0 rings (SSSR count). The van der Waals surface area contributed by atoms with Crippen LogP contribution in [0.2, 0.25) is 6.04 Å². The Morgan fingerprint density at radius 2 is 1.86 bits per heavy atom. The minimum Gasteiger partial charge on any atom is -0.360 e. The van der Waals surface area contributed by atoms with Gasteiger partial charge in [0.1, 0.15) is 5.91 Å². The molecule has 0 saturated heterocycles. The largest absolute Gasteiger partial charge is 0.360 e. The standard InChI is InChI=1S/C7H18O5SSi/c1-10-7(11-2)14-6-4-5-12-13(3,8)9/h7H,4-6,14H2,1-3H3. The molecule has 0 unspecified atom stereocenters. The van der Waals surface area contributed by atoms with Crippen molar-refractivity contribution in [3.05, 3.63) is 0 Å². The van der Waals surface area contributed by atoms with E-state index in [2.05, 4.69) is 4.18 Å². The molecule has 0 aromatic heterocycles. The maximum Gasteiger partial charge on any atom is 0.264 e. The second-order valence-corrected chi connectivity index (χ2v) is 6.52. The SMILES string of the molecule is COC(OC)[SiH2]CCCOS(C)(=O)=O. The molecule has 86 valence electrons. The lowest BCUT2D eigenvalue weighted by Gasteiger charge is -2.11. The van der Waals surface area contributed by atoms with Gasteiger partial charge in [-0.3, -0.25) is 4.18 Å². The molecule has 0 atom stereocenters. The van der Waals surface area contributed by atoms with Crippen LogP contribution in [0, 0.1) is 0 Å². The molecular weight excluding hydrogens is 224 g/mol. The van der Waals surface area contributed by atoms with Gasteiger partial charge in [-0.05, 0) is 6.42 Å². The minimum atomic E-state index is -3.28. The van der Waals surface area contributed by atoms with Crippen molar-refractivity contribution in [2.24, 2.45) is 0 Å². The summed E-state index contributed by atoms with van der Waals surface area (Å²) >= 11 is 0. The predicted molar refractivity (Wildman–Crippen MR) is 56.6 cm³/mol. The maximum atomic E-state index is 10.6. The van der Waals surface area contributed by atoms with Crippen LogP contribution >= 0.6 is 0 Å². The Morgan fingerprint density at radius 3 is 2.29 bits per heavy atom. The summed E-state index contributed by atoms with van der Waals surface area (Å²) in [6.07, 6.45) is 1.79. The van der Waals surface area contributed by atoms with Crippen molar-refractivity contribution >= 4 is 19.6 Å². The van der Waals surface area contributed by atoms with Gasteiger partial charge in [0.25, 0.3) is 10.1 Å². The number of hydrogen-bond acceptors (Lipinski definition) is 5. The van der Waals surface area contributed by atoms with E-state index in [4.69, 9.17) is 9.47 Å². The molecule has 5 nitrogen and oxygen atoms in total. The summed E-state index contributed by atoms with van der Waals surface area (Å²) in [6.45, 7) is 0.256. The summed E-state index contributed by atoms with van der Waals surface area (Å²) in [4.78, 5) is 0. The van der Waals surface area contributed by atoms with Crippen molar-refractivity contribution in [2.75, 3.05) is 27.1 Å². The van der Waals surface area contributed by atoms with Gasteiger partial charge in [0.2, 0.25) is 0 Å². The van der Waals surface area contributed by atoms with Gasteiger partial charge < -0.3 is 9.47 Å². The summed E-state index contributed by atoms with van der Waals surface area (Å²) in [5, 5.41) is 0. The molecule has 0 aliphatic carbocycles. The fourth-order valence-corrected chi connectivity index (χ4v) is 2.67. The lowest BCUT2D eigenvalue weighted by atomic mass is 10.5. The Hall–Kier alpha value is 0.0469. The van der Waals surface area contributed by atoms with Crippen LogP contribution < -0.4 is 0 Å². The molecular formula is C7H18O5SSi. The second kappa shape index (κ2) is 7.35. The van der Waals surface area contributed by atoms with Crippen molar-refractivity contribution in [1.29, 1.82) is 0 Å². The first-order valence-corrected chi connectivity index (χ1v) is 8.03. The molecule has 0 aromatic carbocycles. The third kappa shape index (κ3) is 8.64. The third-order valence-electron chi connectivity index (χ3n) is 1.66. The molecule has 14 heavy (non-hydrogen) atoms. The third-order valence-corrected chi connectivity index (χ3v) is 4.30. The van der Waals surface area contributed by atoms with Crippen molar-refractivity contribution < 1.29 is 22.1 Å². The first-order chi connectivity index (χ1) is 6.49. The Morgan fingerprint density at radius 1 is 1.29 bits per heavy atom. The number of hydrogen-bond donors (Lipinski definition) is 0. The van der Waals surface area contributed by atoms with Crippen LogP contribution in [0.15, 0.2) is 0 Å². The van der Waals surface area contributed by atoms with E-state index in [1.54, 1.807) is 14.2 Å². The van der Waals surface area contributed by atoms with E-state index < -0.39 is 19.6 Å². The molecule has 0 amide bonds. The number of methoxy groups -OCH3 is 2. The van der Waals surface area contributed by atoms with Crippen LogP contribution in [0.3, 0.4) is 0 Å². The molecule has 0 radical (unpaired) electrons. The average Bonchev–Trinajstić information content (AvgIpc) is 2.09. The molecule has 0 N–H and O–H groups in total. The molecule has 0 fully saturated rings. The van der Waals surface area contributed by atoms with Crippen molar-refractivity contribution in [3.8, 4) is 0 Å². The fourth-order valence-electron chi connectivity index (χ4n) is 0.955. The van der Waals surface area contributed by atoms with E-state index in [1.165, 1.54) is 0 Å². The Kier molecular flexibility index (Phi) is 7.38. The molecule has 0 aliphatic rings. The summed E-state index contributed by atoms with van der Waals surface area (Å²) in [5.74, 6) is -0.0757. The molecule has 0 saturated carbocycles. The van der Waals surface area contributed by atoms with E-state index in [1.807, 2.05) is 0 Å². The van der Waals surface area contributed by atoms with Crippen LogP contribution in [0.5, 0.6) is 0 Å². The van der Waals surface area contributed by atoms with Gasteiger partial charge in [-0.25, -0.2) is 0 Å². The highest BCUT2D eigenvalue weighted by molar-refractivity contribution is 7.85. The smallest absolute Gasteiger partial charge is 0.264 e.